The molecule has 0 N–H and O–H groups in total. The summed E-state index contributed by atoms with van der Waals surface area (Å²) in [5.41, 5.74) is 0. The fraction of sp³-hybridized carbons (Fsp3) is 0.462. The number of rotatable bonds is 7. The average Bonchev–Trinajstić information content (AvgIpc) is 2.37. The molecule has 3 atom stereocenters. The average molecular weight is 289 g/mol. The van der Waals surface area contributed by atoms with Crippen LogP contribution in [0.1, 0.15) is 19.8 Å². The molecule has 3 unspecified atom stereocenters. The smallest absolute Gasteiger partial charge is 0.132 e. The highest BCUT2D eigenvalue weighted by molar-refractivity contribution is 7.87. The predicted molar refractivity (Wildman–Crippen MR) is 73.2 cm³/mol. The van der Waals surface area contributed by atoms with Gasteiger partial charge in [0.05, 0.1) is 16.9 Å². The molecule has 0 radical (unpaired) electrons. The normalized spacial score (nSPS) is 15.9. The Labute approximate surface area is 115 Å². The largest absolute Gasteiger partial charge is 0.381 e. The van der Waals surface area contributed by atoms with Gasteiger partial charge in [0.25, 0.3) is 0 Å². The second kappa shape index (κ2) is 7.67. The number of carbonyl (C=O) groups is 1. The van der Waals surface area contributed by atoms with Gasteiger partial charge in [-0.25, -0.2) is 0 Å². The number of methoxy groups -OCH3 is 1. The molecule has 100 valence electrons. The second-order valence-corrected chi connectivity index (χ2v) is 6.44. The van der Waals surface area contributed by atoms with Gasteiger partial charge in [0, 0.05) is 24.8 Å². The Hall–Kier alpha value is -0.710. The van der Waals surface area contributed by atoms with Crippen molar-refractivity contribution in [2.75, 3.05) is 7.11 Å². The molecule has 5 heteroatoms. The summed E-state index contributed by atoms with van der Waals surface area (Å²) >= 11 is 6.13. The number of hydrogen-bond acceptors (Lipinski definition) is 3. The topological polar surface area (TPSA) is 43.4 Å². The van der Waals surface area contributed by atoms with Crippen LogP contribution in [0.4, 0.5) is 0 Å². The van der Waals surface area contributed by atoms with Gasteiger partial charge in [-0.1, -0.05) is 18.2 Å². The van der Waals surface area contributed by atoms with Gasteiger partial charge in [0.1, 0.15) is 10.5 Å². The van der Waals surface area contributed by atoms with Crippen molar-refractivity contribution in [2.45, 2.75) is 35.5 Å². The third-order valence-corrected chi connectivity index (χ3v) is 4.56. The van der Waals surface area contributed by atoms with Gasteiger partial charge in [-0.3, -0.25) is 9.00 Å². The van der Waals surface area contributed by atoms with Gasteiger partial charge in [0.2, 0.25) is 0 Å². The number of Topliss-reactive ketones (excluding diaryl/α,β-unsaturated/α-hetero) is 1. The Balaban J connectivity index is 2.61. The van der Waals surface area contributed by atoms with E-state index in [1.165, 1.54) is 14.0 Å². The summed E-state index contributed by atoms with van der Waals surface area (Å²) in [6.45, 7) is 1.50. The van der Waals surface area contributed by atoms with E-state index in [1.807, 2.05) is 18.2 Å². The van der Waals surface area contributed by atoms with Crippen LogP contribution in [0.3, 0.4) is 0 Å². The van der Waals surface area contributed by atoms with Gasteiger partial charge in [0.15, 0.2) is 0 Å². The SMILES string of the molecule is COC(CC(C)=O)CC(Cl)S(=O)c1ccccc1. The van der Waals surface area contributed by atoms with E-state index < -0.39 is 15.5 Å². The Bertz CT molecular complexity index is 408. The molecule has 1 aromatic rings. The minimum absolute atomic E-state index is 0.0382. The number of halogens is 1. The van der Waals surface area contributed by atoms with Gasteiger partial charge < -0.3 is 4.74 Å². The highest BCUT2D eigenvalue weighted by Crippen LogP contribution is 2.20. The van der Waals surface area contributed by atoms with E-state index in [0.717, 1.165) is 0 Å². The summed E-state index contributed by atoms with van der Waals surface area (Å²) in [5.74, 6) is 0.0382. The van der Waals surface area contributed by atoms with E-state index in [9.17, 15) is 9.00 Å². The van der Waals surface area contributed by atoms with Crippen LogP contribution in [0.25, 0.3) is 0 Å². The summed E-state index contributed by atoms with van der Waals surface area (Å²) in [4.78, 5) is 11.7. The molecule has 0 spiro atoms. The minimum Gasteiger partial charge on any atom is -0.381 e. The van der Waals surface area contributed by atoms with E-state index >= 15 is 0 Å². The van der Waals surface area contributed by atoms with Crippen molar-refractivity contribution in [3.63, 3.8) is 0 Å². The van der Waals surface area contributed by atoms with Crippen molar-refractivity contribution in [1.29, 1.82) is 0 Å². The molecule has 0 aromatic heterocycles. The zero-order valence-corrected chi connectivity index (χ0v) is 12.0. The van der Waals surface area contributed by atoms with E-state index in [0.29, 0.717) is 17.7 Å². The maximum atomic E-state index is 12.1. The molecule has 0 fully saturated rings. The molecule has 0 aliphatic carbocycles. The van der Waals surface area contributed by atoms with Crippen LogP contribution in [0.5, 0.6) is 0 Å². The number of ketones is 1. The molecule has 0 bridgehead atoms. The Morgan fingerprint density at radius 1 is 1.39 bits per heavy atom. The van der Waals surface area contributed by atoms with Gasteiger partial charge in [-0.05, 0) is 19.1 Å². The number of hydrogen-bond donors (Lipinski definition) is 0. The van der Waals surface area contributed by atoms with E-state index in [4.69, 9.17) is 16.3 Å². The lowest BCUT2D eigenvalue weighted by Gasteiger charge is -2.17. The van der Waals surface area contributed by atoms with Crippen LogP contribution < -0.4 is 0 Å². The Kier molecular flexibility index (Phi) is 6.54. The Morgan fingerprint density at radius 3 is 2.50 bits per heavy atom. The monoisotopic (exact) mass is 288 g/mol. The van der Waals surface area contributed by atoms with Crippen molar-refractivity contribution < 1.29 is 13.7 Å². The van der Waals surface area contributed by atoms with E-state index in [-0.39, 0.29) is 11.9 Å². The standard InChI is InChI=1S/C13H17ClO3S/c1-10(15)8-11(17-2)9-13(14)18(16)12-6-4-3-5-7-12/h3-7,11,13H,8-9H2,1-2H3. The van der Waals surface area contributed by atoms with Crippen molar-refractivity contribution in [3.05, 3.63) is 30.3 Å². The molecule has 3 nitrogen and oxygen atoms in total. The molecule has 0 saturated heterocycles. The van der Waals surface area contributed by atoms with Gasteiger partial charge >= 0.3 is 0 Å². The lowest BCUT2D eigenvalue weighted by atomic mass is 10.1. The maximum Gasteiger partial charge on any atom is 0.132 e. The first-order valence-corrected chi connectivity index (χ1v) is 7.31. The molecule has 0 heterocycles. The summed E-state index contributed by atoms with van der Waals surface area (Å²) in [5, 5.41) is 0. The fourth-order valence-electron chi connectivity index (χ4n) is 1.58. The van der Waals surface area contributed by atoms with Gasteiger partial charge in [-0.15, -0.1) is 11.6 Å². The highest BCUT2D eigenvalue weighted by atomic mass is 35.5. The third kappa shape index (κ3) is 4.88. The van der Waals surface area contributed by atoms with Crippen molar-refractivity contribution in [1.82, 2.24) is 0 Å². The van der Waals surface area contributed by atoms with E-state index in [1.54, 1.807) is 12.1 Å². The van der Waals surface area contributed by atoms with Crippen LogP contribution in [0.2, 0.25) is 0 Å². The maximum absolute atomic E-state index is 12.1. The zero-order chi connectivity index (χ0) is 13.5. The summed E-state index contributed by atoms with van der Waals surface area (Å²) in [7, 11) is 0.239. The van der Waals surface area contributed by atoms with Crippen LogP contribution in [-0.2, 0) is 20.3 Å². The summed E-state index contributed by atoms with van der Waals surface area (Å²) in [6.07, 6.45) is 0.405. The molecule has 1 rings (SSSR count). The summed E-state index contributed by atoms with van der Waals surface area (Å²) in [6, 6.07) is 9.05. The first-order valence-electron chi connectivity index (χ1n) is 5.66. The molecule has 0 saturated carbocycles. The van der Waals surface area contributed by atoms with Crippen molar-refractivity contribution >= 4 is 28.2 Å². The van der Waals surface area contributed by atoms with Crippen molar-refractivity contribution in [2.24, 2.45) is 0 Å². The zero-order valence-electron chi connectivity index (χ0n) is 10.5. The second-order valence-electron chi connectivity index (χ2n) is 4.02. The molecule has 0 amide bonds. The highest BCUT2D eigenvalue weighted by Gasteiger charge is 2.21. The predicted octanol–water partition coefficient (Wildman–Crippen LogP) is 2.74. The Morgan fingerprint density at radius 2 is 2.00 bits per heavy atom. The van der Waals surface area contributed by atoms with Crippen molar-refractivity contribution in [3.8, 4) is 0 Å². The first-order chi connectivity index (χ1) is 8.54. The third-order valence-electron chi connectivity index (χ3n) is 2.50. The molecule has 0 aliphatic rings. The lowest BCUT2D eigenvalue weighted by Crippen LogP contribution is -2.22. The van der Waals surface area contributed by atoms with E-state index in [2.05, 4.69) is 0 Å². The molecular weight excluding hydrogens is 272 g/mol. The quantitative estimate of drug-likeness (QED) is 0.725. The van der Waals surface area contributed by atoms with Crippen LogP contribution in [0.15, 0.2) is 35.2 Å². The molecule has 1 aromatic carbocycles. The first kappa shape index (κ1) is 15.3. The van der Waals surface area contributed by atoms with Crippen LogP contribution >= 0.6 is 11.6 Å². The number of carbonyl (C=O) groups excluding carboxylic acids is 1. The molecule has 0 aliphatic heterocycles. The number of ether oxygens (including phenoxy) is 1. The molecule has 18 heavy (non-hydrogen) atoms. The lowest BCUT2D eigenvalue weighted by molar-refractivity contribution is -0.119. The van der Waals surface area contributed by atoms with Gasteiger partial charge in [-0.2, -0.15) is 0 Å². The number of alkyl halides is 1. The number of benzene rings is 1. The van der Waals surface area contributed by atoms with Crippen LogP contribution in [-0.4, -0.2) is 27.9 Å². The molecular formula is C13H17ClO3S. The minimum atomic E-state index is -1.29. The fourth-order valence-corrected chi connectivity index (χ4v) is 3.20. The van der Waals surface area contributed by atoms with Crippen LogP contribution in [0, 0.1) is 0 Å². The summed E-state index contributed by atoms with van der Waals surface area (Å²) < 4.78 is 16.7.